The average molecular weight is 756 g/mol. The van der Waals surface area contributed by atoms with Crippen molar-refractivity contribution in [1.82, 2.24) is 4.57 Å². The molecule has 0 aliphatic heterocycles. The molecular weight excluding hydrogens is 711 g/mol. The van der Waals surface area contributed by atoms with Crippen molar-refractivity contribution in [1.29, 1.82) is 0 Å². The van der Waals surface area contributed by atoms with Gasteiger partial charge in [0.15, 0.2) is 0 Å². The maximum Gasteiger partial charge on any atom is 0.0541 e. The van der Waals surface area contributed by atoms with Gasteiger partial charge in [0, 0.05) is 16.5 Å². The van der Waals surface area contributed by atoms with Crippen LogP contribution in [0, 0.1) is 27.7 Å². The fourth-order valence-electron chi connectivity index (χ4n) is 8.91. The molecule has 10 aromatic rings. The monoisotopic (exact) mass is 755 g/mol. The van der Waals surface area contributed by atoms with E-state index in [1.54, 1.807) is 0 Å². The van der Waals surface area contributed by atoms with Gasteiger partial charge in [-0.1, -0.05) is 146 Å². The lowest BCUT2D eigenvalue weighted by molar-refractivity contribution is 1.18. The SMILES string of the molecule is Cc1ccccc1-c1cc(-c2ccc3c(c2)c2cc(-c4ccc(C)c(-c5ccccc5C)c4)ccc2n3-c2ccc(-c3cccc(-c4ccccc4)c3)cc2)ccc1C. The maximum absolute atomic E-state index is 2.43. The highest BCUT2D eigenvalue weighted by molar-refractivity contribution is 6.12. The molecule has 0 bridgehead atoms. The van der Waals surface area contributed by atoms with Crippen LogP contribution in [0.1, 0.15) is 22.3 Å². The van der Waals surface area contributed by atoms with Crippen LogP contribution in [0.25, 0.3) is 94.3 Å². The third-order valence-corrected chi connectivity index (χ3v) is 12.2. The van der Waals surface area contributed by atoms with Crippen molar-refractivity contribution in [3.05, 3.63) is 222 Å². The summed E-state index contributed by atoms with van der Waals surface area (Å²) in [6.45, 7) is 8.83. The summed E-state index contributed by atoms with van der Waals surface area (Å²) < 4.78 is 2.43. The van der Waals surface area contributed by atoms with Gasteiger partial charge in [-0.15, -0.1) is 0 Å². The Morgan fingerprint density at radius 1 is 0.254 bits per heavy atom. The van der Waals surface area contributed by atoms with Gasteiger partial charge in [0.2, 0.25) is 0 Å². The number of nitrogens with zero attached hydrogens (tertiary/aromatic N) is 1. The summed E-state index contributed by atoms with van der Waals surface area (Å²) in [7, 11) is 0. The molecule has 1 nitrogen and oxygen atoms in total. The van der Waals surface area contributed by atoms with E-state index in [0.717, 1.165) is 5.69 Å². The van der Waals surface area contributed by atoms with Crippen LogP contribution in [0.3, 0.4) is 0 Å². The van der Waals surface area contributed by atoms with Crippen molar-refractivity contribution in [3.8, 4) is 72.4 Å². The Bertz CT molecular complexity index is 3030. The molecule has 0 spiro atoms. The predicted molar refractivity (Wildman–Crippen MR) is 252 cm³/mol. The first kappa shape index (κ1) is 36.1. The molecule has 1 heterocycles. The Kier molecular flexibility index (Phi) is 9.15. The van der Waals surface area contributed by atoms with Gasteiger partial charge in [-0.25, -0.2) is 0 Å². The van der Waals surface area contributed by atoms with Crippen molar-refractivity contribution in [3.63, 3.8) is 0 Å². The molecule has 10 rings (SSSR count). The first-order valence-electron chi connectivity index (χ1n) is 20.6. The molecule has 0 radical (unpaired) electrons. The highest BCUT2D eigenvalue weighted by Gasteiger charge is 2.17. The summed E-state index contributed by atoms with van der Waals surface area (Å²) in [6, 6.07) is 73.8. The minimum atomic E-state index is 1.14. The van der Waals surface area contributed by atoms with E-state index in [2.05, 4.69) is 232 Å². The van der Waals surface area contributed by atoms with Crippen molar-refractivity contribution in [2.75, 3.05) is 0 Å². The van der Waals surface area contributed by atoms with Gasteiger partial charge in [-0.3, -0.25) is 0 Å². The van der Waals surface area contributed by atoms with E-state index in [1.807, 2.05) is 0 Å². The van der Waals surface area contributed by atoms with Crippen LogP contribution in [0.15, 0.2) is 200 Å². The summed E-state index contributed by atoms with van der Waals surface area (Å²) in [6.07, 6.45) is 0. The summed E-state index contributed by atoms with van der Waals surface area (Å²) in [4.78, 5) is 0. The fraction of sp³-hybridized carbons (Fsp3) is 0.0690. The third-order valence-electron chi connectivity index (χ3n) is 12.2. The molecule has 0 saturated heterocycles. The number of hydrogen-bond acceptors (Lipinski definition) is 0. The van der Waals surface area contributed by atoms with Crippen molar-refractivity contribution in [2.24, 2.45) is 0 Å². The van der Waals surface area contributed by atoms with Gasteiger partial charge in [0.1, 0.15) is 0 Å². The van der Waals surface area contributed by atoms with Crippen LogP contribution in [-0.4, -0.2) is 4.57 Å². The topological polar surface area (TPSA) is 4.93 Å². The Labute approximate surface area is 347 Å². The zero-order valence-corrected chi connectivity index (χ0v) is 34.0. The van der Waals surface area contributed by atoms with E-state index in [9.17, 15) is 0 Å². The number of aryl methyl sites for hydroxylation is 4. The molecule has 0 unspecified atom stereocenters. The third kappa shape index (κ3) is 6.65. The van der Waals surface area contributed by atoms with Crippen LogP contribution in [0.4, 0.5) is 0 Å². The fourth-order valence-corrected chi connectivity index (χ4v) is 8.91. The summed E-state index contributed by atoms with van der Waals surface area (Å²) in [5.74, 6) is 0. The molecule has 282 valence electrons. The van der Waals surface area contributed by atoms with Gasteiger partial charge >= 0.3 is 0 Å². The van der Waals surface area contributed by atoms with Gasteiger partial charge in [-0.05, 0) is 171 Å². The van der Waals surface area contributed by atoms with E-state index in [0.29, 0.717) is 0 Å². The molecule has 0 aliphatic carbocycles. The van der Waals surface area contributed by atoms with Crippen LogP contribution in [-0.2, 0) is 0 Å². The second-order valence-corrected chi connectivity index (χ2v) is 16.0. The zero-order chi connectivity index (χ0) is 40.0. The number of hydrogen-bond donors (Lipinski definition) is 0. The summed E-state index contributed by atoms with van der Waals surface area (Å²) in [5.41, 5.74) is 23.5. The van der Waals surface area contributed by atoms with Gasteiger partial charge in [0.25, 0.3) is 0 Å². The van der Waals surface area contributed by atoms with Crippen LogP contribution >= 0.6 is 0 Å². The molecule has 0 atom stereocenters. The maximum atomic E-state index is 2.43. The lowest BCUT2D eigenvalue weighted by Gasteiger charge is -2.13. The van der Waals surface area contributed by atoms with Crippen LogP contribution in [0.2, 0.25) is 0 Å². The number of benzene rings is 9. The van der Waals surface area contributed by atoms with Gasteiger partial charge < -0.3 is 4.57 Å². The second kappa shape index (κ2) is 14.9. The Hall–Kier alpha value is -7.22. The van der Waals surface area contributed by atoms with E-state index < -0.39 is 0 Å². The summed E-state index contributed by atoms with van der Waals surface area (Å²) in [5, 5.41) is 2.48. The molecule has 0 aliphatic rings. The van der Waals surface area contributed by atoms with Crippen LogP contribution in [0.5, 0.6) is 0 Å². The molecule has 1 aromatic heterocycles. The molecule has 0 N–H and O–H groups in total. The normalized spacial score (nSPS) is 11.4. The van der Waals surface area contributed by atoms with Gasteiger partial charge in [0.05, 0.1) is 11.0 Å². The predicted octanol–water partition coefficient (Wildman–Crippen LogP) is 16.0. The molecule has 0 saturated carbocycles. The van der Waals surface area contributed by atoms with Crippen LogP contribution < -0.4 is 0 Å². The van der Waals surface area contributed by atoms with E-state index in [4.69, 9.17) is 0 Å². The highest BCUT2D eigenvalue weighted by Crippen LogP contribution is 2.40. The lowest BCUT2D eigenvalue weighted by atomic mass is 9.92. The van der Waals surface area contributed by atoms with Crippen molar-refractivity contribution < 1.29 is 0 Å². The first-order valence-corrected chi connectivity index (χ1v) is 20.6. The molecule has 9 aromatic carbocycles. The molecule has 1 heteroatoms. The Balaban J connectivity index is 1.12. The minimum absolute atomic E-state index is 1.14. The van der Waals surface area contributed by atoms with E-state index in [1.165, 1.54) is 111 Å². The zero-order valence-electron chi connectivity index (χ0n) is 34.0. The van der Waals surface area contributed by atoms with Gasteiger partial charge in [-0.2, -0.15) is 0 Å². The van der Waals surface area contributed by atoms with Crippen molar-refractivity contribution >= 4 is 21.8 Å². The first-order chi connectivity index (χ1) is 28.9. The average Bonchev–Trinajstić information content (AvgIpc) is 3.61. The number of fused-ring (bicyclic) bond motifs is 3. The standard InChI is InChI=1S/C58H45N/c1-38-13-8-10-19-51(38)53-34-46(23-21-40(53)3)48-27-31-57-55(36-48)56-37-49(47-24-22-41(4)54(35-47)52-20-11-9-14-39(52)2)28-32-58(56)59(57)50-29-25-43(26-30-50)45-18-12-17-44(33-45)42-15-6-5-7-16-42/h5-37H,1-4H3. The number of aromatic nitrogens is 1. The molecule has 0 fully saturated rings. The minimum Gasteiger partial charge on any atom is -0.309 e. The van der Waals surface area contributed by atoms with E-state index in [-0.39, 0.29) is 0 Å². The Morgan fingerprint density at radius 2 is 0.627 bits per heavy atom. The highest BCUT2D eigenvalue weighted by atomic mass is 15.0. The molecular formula is C58H45N. The summed E-state index contributed by atoms with van der Waals surface area (Å²) >= 11 is 0. The molecule has 0 amide bonds. The Morgan fingerprint density at radius 3 is 1.14 bits per heavy atom. The second-order valence-electron chi connectivity index (χ2n) is 16.0. The van der Waals surface area contributed by atoms with E-state index >= 15 is 0 Å². The lowest BCUT2D eigenvalue weighted by Crippen LogP contribution is -1.94. The largest absolute Gasteiger partial charge is 0.309 e. The molecule has 59 heavy (non-hydrogen) atoms. The quantitative estimate of drug-likeness (QED) is 0.153. The number of rotatable bonds is 7. The smallest absolute Gasteiger partial charge is 0.0541 e. The van der Waals surface area contributed by atoms with Crippen molar-refractivity contribution in [2.45, 2.75) is 27.7 Å².